The van der Waals surface area contributed by atoms with Crippen molar-refractivity contribution in [3.05, 3.63) is 28.8 Å². The normalized spacial score (nSPS) is 14.8. The van der Waals surface area contributed by atoms with Crippen molar-refractivity contribution >= 4 is 22.3 Å². The Balaban J connectivity index is 1.71. The van der Waals surface area contributed by atoms with Crippen molar-refractivity contribution < 1.29 is 9.47 Å². The minimum atomic E-state index is 0.390. The van der Waals surface area contributed by atoms with Crippen LogP contribution in [0.4, 0.5) is 10.9 Å². The topological polar surface area (TPSA) is 84.2 Å². The van der Waals surface area contributed by atoms with Crippen LogP contribution in [0.25, 0.3) is 0 Å². The lowest BCUT2D eigenvalue weighted by Gasteiger charge is -2.27. The first-order chi connectivity index (χ1) is 13.3. The van der Waals surface area contributed by atoms with Crippen LogP contribution in [0.3, 0.4) is 0 Å². The van der Waals surface area contributed by atoms with Crippen LogP contribution >= 0.6 is 11.3 Å². The Kier molecular flexibility index (Phi) is 7.49. The molecule has 9 heteroatoms. The number of nitrogens with zero attached hydrogens (tertiary/aromatic N) is 5. The van der Waals surface area contributed by atoms with E-state index >= 15 is 0 Å². The van der Waals surface area contributed by atoms with Crippen LogP contribution in [-0.2, 0) is 17.7 Å². The number of hydrogen-bond acceptors (Lipinski definition) is 9. The first kappa shape index (κ1) is 19.7. The number of thiophene rings is 1. The molecule has 3 heterocycles. The Morgan fingerprint density at radius 3 is 2.89 bits per heavy atom. The van der Waals surface area contributed by atoms with Crippen molar-refractivity contribution in [3.8, 4) is 5.88 Å². The molecular formula is C18H26N6O2S. The Hall–Kier alpha value is -2.10. The van der Waals surface area contributed by atoms with Crippen LogP contribution in [0.5, 0.6) is 5.88 Å². The summed E-state index contributed by atoms with van der Waals surface area (Å²) in [5, 5.41) is 12.6. The lowest BCUT2D eigenvalue weighted by molar-refractivity contribution is 0.122. The summed E-state index contributed by atoms with van der Waals surface area (Å²) in [7, 11) is 1.89. The number of aryl methyl sites for hydroxylation is 1. The summed E-state index contributed by atoms with van der Waals surface area (Å²) in [6.45, 7) is 6.74. The third-order valence-corrected chi connectivity index (χ3v) is 5.15. The van der Waals surface area contributed by atoms with Gasteiger partial charge in [-0.15, -0.1) is 16.5 Å². The van der Waals surface area contributed by atoms with E-state index in [2.05, 4.69) is 43.4 Å². The summed E-state index contributed by atoms with van der Waals surface area (Å²) >= 11 is 1.66. The molecule has 1 saturated heterocycles. The van der Waals surface area contributed by atoms with Gasteiger partial charge in [-0.1, -0.05) is 6.92 Å². The zero-order valence-electron chi connectivity index (χ0n) is 15.8. The van der Waals surface area contributed by atoms with E-state index in [1.807, 2.05) is 19.2 Å². The van der Waals surface area contributed by atoms with Gasteiger partial charge in [-0.05, 0) is 25.6 Å². The largest absolute Gasteiger partial charge is 0.476 e. The van der Waals surface area contributed by atoms with Gasteiger partial charge in [-0.25, -0.2) is 4.98 Å². The zero-order valence-corrected chi connectivity index (χ0v) is 16.7. The zero-order chi connectivity index (χ0) is 18.9. The number of aromatic nitrogens is 2. The van der Waals surface area contributed by atoms with Crippen molar-refractivity contribution in [2.45, 2.75) is 19.9 Å². The maximum Gasteiger partial charge on any atom is 0.229 e. The van der Waals surface area contributed by atoms with Crippen LogP contribution in [0.2, 0.25) is 0 Å². The Bertz CT molecular complexity index is 745. The minimum absolute atomic E-state index is 0.390. The van der Waals surface area contributed by atoms with Gasteiger partial charge in [0.1, 0.15) is 18.2 Å². The van der Waals surface area contributed by atoms with Gasteiger partial charge in [0.05, 0.1) is 18.9 Å². The number of azo groups is 1. The van der Waals surface area contributed by atoms with Gasteiger partial charge in [-0.2, -0.15) is 10.1 Å². The van der Waals surface area contributed by atoms with Gasteiger partial charge < -0.3 is 19.7 Å². The highest BCUT2D eigenvalue weighted by Gasteiger charge is 2.16. The third kappa shape index (κ3) is 5.95. The Morgan fingerprint density at radius 1 is 1.30 bits per heavy atom. The lowest BCUT2D eigenvalue weighted by Crippen LogP contribution is -2.37. The first-order valence-electron chi connectivity index (χ1n) is 9.22. The highest BCUT2D eigenvalue weighted by molar-refractivity contribution is 7.15. The second-order valence-corrected chi connectivity index (χ2v) is 7.19. The van der Waals surface area contributed by atoms with E-state index in [1.54, 1.807) is 11.3 Å². The lowest BCUT2D eigenvalue weighted by atomic mass is 10.4. The molecule has 146 valence electrons. The fraction of sp³-hybridized carbons (Fsp3) is 0.556. The van der Waals surface area contributed by atoms with Crippen LogP contribution in [-0.4, -0.2) is 56.5 Å². The van der Waals surface area contributed by atoms with E-state index in [0.29, 0.717) is 38.2 Å². The van der Waals surface area contributed by atoms with Gasteiger partial charge in [0.15, 0.2) is 0 Å². The summed E-state index contributed by atoms with van der Waals surface area (Å²) < 4.78 is 11.2. The molecule has 1 fully saturated rings. The number of ether oxygens (including phenoxy) is 2. The van der Waals surface area contributed by atoms with E-state index in [9.17, 15) is 0 Å². The fourth-order valence-corrected chi connectivity index (χ4v) is 3.35. The molecule has 0 aliphatic carbocycles. The van der Waals surface area contributed by atoms with Crippen molar-refractivity contribution in [3.63, 3.8) is 0 Å². The van der Waals surface area contributed by atoms with E-state index in [-0.39, 0.29) is 0 Å². The minimum Gasteiger partial charge on any atom is -0.476 e. The molecule has 0 unspecified atom stereocenters. The summed E-state index contributed by atoms with van der Waals surface area (Å²) in [5.41, 5.74) is 0.793. The molecule has 27 heavy (non-hydrogen) atoms. The smallest absolute Gasteiger partial charge is 0.229 e. The molecular weight excluding hydrogens is 364 g/mol. The highest BCUT2D eigenvalue weighted by atomic mass is 32.1. The fourth-order valence-electron chi connectivity index (χ4n) is 2.56. The summed E-state index contributed by atoms with van der Waals surface area (Å²) in [6.07, 6.45) is 1.02. The predicted molar refractivity (Wildman–Crippen MR) is 106 cm³/mol. The van der Waals surface area contributed by atoms with E-state index < -0.39 is 0 Å². The van der Waals surface area contributed by atoms with Crippen molar-refractivity contribution in [2.24, 2.45) is 10.2 Å². The molecule has 0 amide bonds. The molecule has 8 nitrogen and oxygen atoms in total. The molecule has 0 aromatic carbocycles. The molecule has 0 atom stereocenters. The Labute approximate surface area is 163 Å². The van der Waals surface area contributed by atoms with Crippen LogP contribution in [0.15, 0.2) is 28.4 Å². The highest BCUT2D eigenvalue weighted by Crippen LogP contribution is 2.26. The molecule has 2 aromatic heterocycles. The average molecular weight is 391 g/mol. The van der Waals surface area contributed by atoms with Crippen molar-refractivity contribution in [2.75, 3.05) is 51.4 Å². The molecule has 0 bridgehead atoms. The van der Waals surface area contributed by atoms with E-state index in [4.69, 9.17) is 9.47 Å². The van der Waals surface area contributed by atoms with Gasteiger partial charge in [0.25, 0.3) is 0 Å². The number of nitrogens with one attached hydrogen (secondary N) is 1. The van der Waals surface area contributed by atoms with Crippen LogP contribution in [0.1, 0.15) is 17.5 Å². The molecule has 0 radical (unpaired) electrons. The number of rotatable bonds is 9. The summed E-state index contributed by atoms with van der Waals surface area (Å²) in [4.78, 5) is 12.6. The quantitative estimate of drug-likeness (QED) is 0.524. The monoisotopic (exact) mass is 390 g/mol. The molecule has 0 spiro atoms. The molecule has 0 saturated carbocycles. The molecule has 3 rings (SSSR count). The van der Waals surface area contributed by atoms with Gasteiger partial charge in [-0.3, -0.25) is 0 Å². The van der Waals surface area contributed by atoms with Crippen molar-refractivity contribution in [1.82, 2.24) is 15.3 Å². The van der Waals surface area contributed by atoms with E-state index in [0.717, 1.165) is 36.8 Å². The maximum absolute atomic E-state index is 5.76. The van der Waals surface area contributed by atoms with Crippen LogP contribution in [0, 0.1) is 0 Å². The average Bonchev–Trinajstić information content (AvgIpc) is 3.17. The van der Waals surface area contributed by atoms with Gasteiger partial charge in [0.2, 0.25) is 11.8 Å². The molecule has 1 aliphatic rings. The predicted octanol–water partition coefficient (Wildman–Crippen LogP) is 2.82. The molecule has 1 N–H and O–H groups in total. The van der Waals surface area contributed by atoms with Crippen molar-refractivity contribution in [1.29, 1.82) is 0 Å². The number of hydrogen-bond donors (Lipinski definition) is 1. The molecule has 1 aliphatic heterocycles. The third-order valence-electron chi connectivity index (χ3n) is 4.04. The SMILES string of the molecule is CCc1ccc(N=NCc2cc(OCCNC)nc(N3CCOCC3)n2)s1. The number of likely N-dealkylation sites (N-methyl/N-ethyl adjacent to an activating group) is 1. The second kappa shape index (κ2) is 10.3. The standard InChI is InChI=1S/C18H26N6O2S/c1-3-15-4-5-17(27-15)23-20-13-14-12-16(26-9-6-19-2)22-18(21-14)24-7-10-25-11-8-24/h4-5,12,19H,3,6-11,13H2,1-2H3. The maximum atomic E-state index is 5.76. The first-order valence-corrected chi connectivity index (χ1v) is 10.0. The summed E-state index contributed by atoms with van der Waals surface area (Å²) in [5.74, 6) is 1.23. The second-order valence-electron chi connectivity index (χ2n) is 6.04. The molecule has 2 aromatic rings. The number of morpholine rings is 1. The van der Waals surface area contributed by atoms with Gasteiger partial charge in [0, 0.05) is 30.6 Å². The van der Waals surface area contributed by atoms with E-state index in [1.165, 1.54) is 4.88 Å². The number of anilines is 1. The Morgan fingerprint density at radius 2 is 2.15 bits per heavy atom. The van der Waals surface area contributed by atoms with Gasteiger partial charge >= 0.3 is 0 Å². The van der Waals surface area contributed by atoms with Crippen LogP contribution < -0.4 is 15.0 Å². The summed E-state index contributed by atoms with van der Waals surface area (Å²) in [6, 6.07) is 5.93.